The zero-order valence-corrected chi connectivity index (χ0v) is 8.59. The summed E-state index contributed by atoms with van der Waals surface area (Å²) in [5, 5.41) is 16.7. The van der Waals surface area contributed by atoms with Gasteiger partial charge in [0.1, 0.15) is 5.75 Å². The highest BCUT2D eigenvalue weighted by Crippen LogP contribution is 2.13. The predicted molar refractivity (Wildman–Crippen MR) is 58.8 cm³/mol. The molecule has 0 heterocycles. The van der Waals surface area contributed by atoms with Crippen molar-refractivity contribution in [1.29, 1.82) is 5.26 Å². The summed E-state index contributed by atoms with van der Waals surface area (Å²) >= 11 is 0. The number of carboxylic acid groups (broad SMARTS) is 1. The van der Waals surface area contributed by atoms with Gasteiger partial charge in [-0.05, 0) is 17.7 Å². The first kappa shape index (κ1) is 11.8. The second kappa shape index (κ2) is 6.25. The highest BCUT2D eigenvalue weighted by atomic mass is 16.5. The molecule has 0 saturated heterocycles. The van der Waals surface area contributed by atoms with Crippen LogP contribution in [-0.4, -0.2) is 17.7 Å². The van der Waals surface area contributed by atoms with Crippen LogP contribution in [0.3, 0.4) is 0 Å². The Morgan fingerprint density at radius 3 is 2.69 bits per heavy atom. The lowest BCUT2D eigenvalue weighted by Crippen LogP contribution is -2.09. The topological polar surface area (TPSA) is 70.3 Å². The molecule has 4 heteroatoms. The molecule has 0 aliphatic rings. The molecule has 1 rings (SSSR count). The lowest BCUT2D eigenvalue weighted by molar-refractivity contribution is -0.139. The van der Waals surface area contributed by atoms with E-state index in [2.05, 4.69) is 0 Å². The van der Waals surface area contributed by atoms with Crippen LogP contribution in [0.4, 0.5) is 0 Å². The van der Waals surface area contributed by atoms with Gasteiger partial charge in [-0.25, -0.2) is 4.79 Å². The average molecular weight is 217 g/mol. The van der Waals surface area contributed by atoms with Crippen LogP contribution in [-0.2, 0) is 4.79 Å². The van der Waals surface area contributed by atoms with E-state index in [1.165, 1.54) is 0 Å². The summed E-state index contributed by atoms with van der Waals surface area (Å²) in [6, 6.07) is 8.98. The van der Waals surface area contributed by atoms with E-state index in [0.717, 1.165) is 5.56 Å². The minimum absolute atomic E-state index is 0.344. The molecule has 1 aromatic carbocycles. The number of ether oxygens (including phenoxy) is 1. The molecule has 0 aliphatic carbocycles. The molecule has 82 valence electrons. The molecular weight excluding hydrogens is 206 g/mol. The van der Waals surface area contributed by atoms with Gasteiger partial charge in [0.05, 0.1) is 12.5 Å². The minimum Gasteiger partial charge on any atom is -0.482 e. The molecule has 4 nitrogen and oxygen atoms in total. The Hall–Kier alpha value is -2.28. The number of carboxylic acids is 1. The molecule has 0 atom stereocenters. The number of allylic oxidation sites excluding steroid dienone is 1. The molecule has 0 saturated carbocycles. The maximum Gasteiger partial charge on any atom is 0.341 e. The zero-order valence-electron chi connectivity index (χ0n) is 8.59. The molecule has 0 bridgehead atoms. The molecule has 0 aliphatic heterocycles. The summed E-state index contributed by atoms with van der Waals surface area (Å²) in [6.07, 6.45) is 3.95. The van der Waals surface area contributed by atoms with Crippen molar-refractivity contribution < 1.29 is 14.6 Å². The van der Waals surface area contributed by atoms with Crippen molar-refractivity contribution in [2.24, 2.45) is 0 Å². The van der Waals surface area contributed by atoms with E-state index in [1.807, 2.05) is 12.1 Å². The number of nitriles is 1. The molecule has 0 aromatic heterocycles. The van der Waals surface area contributed by atoms with E-state index >= 15 is 0 Å². The van der Waals surface area contributed by atoms with E-state index in [4.69, 9.17) is 15.1 Å². The fraction of sp³-hybridized carbons (Fsp3) is 0.167. The van der Waals surface area contributed by atoms with Crippen LogP contribution in [0.2, 0.25) is 0 Å². The van der Waals surface area contributed by atoms with E-state index in [9.17, 15) is 4.79 Å². The van der Waals surface area contributed by atoms with Crippen LogP contribution in [0, 0.1) is 11.3 Å². The standard InChI is InChI=1S/C12H11NO3/c13-8-2-1-3-10-4-6-11(7-5-10)16-9-12(14)15/h1,3-7H,2,9H2,(H,14,15). The van der Waals surface area contributed by atoms with Gasteiger partial charge in [0.25, 0.3) is 0 Å². The van der Waals surface area contributed by atoms with Crippen LogP contribution in [0.1, 0.15) is 12.0 Å². The van der Waals surface area contributed by atoms with Crippen molar-refractivity contribution in [2.45, 2.75) is 6.42 Å². The third kappa shape index (κ3) is 4.29. The first-order valence-corrected chi connectivity index (χ1v) is 4.70. The van der Waals surface area contributed by atoms with Crippen molar-refractivity contribution in [1.82, 2.24) is 0 Å². The Bertz CT molecular complexity index is 415. The van der Waals surface area contributed by atoms with Crippen molar-refractivity contribution >= 4 is 12.0 Å². The first-order chi connectivity index (χ1) is 7.72. The molecule has 16 heavy (non-hydrogen) atoms. The lowest BCUT2D eigenvalue weighted by atomic mass is 10.2. The maximum absolute atomic E-state index is 10.2. The largest absolute Gasteiger partial charge is 0.482 e. The number of aliphatic carboxylic acids is 1. The Kier molecular flexibility index (Phi) is 4.61. The quantitative estimate of drug-likeness (QED) is 0.819. The van der Waals surface area contributed by atoms with Crippen LogP contribution < -0.4 is 4.74 Å². The molecule has 0 fully saturated rings. The van der Waals surface area contributed by atoms with Gasteiger partial charge in [-0.15, -0.1) is 0 Å². The predicted octanol–water partition coefficient (Wildman–Crippen LogP) is 2.08. The van der Waals surface area contributed by atoms with Gasteiger partial charge >= 0.3 is 5.97 Å². The van der Waals surface area contributed by atoms with Gasteiger partial charge in [0, 0.05) is 0 Å². The van der Waals surface area contributed by atoms with Gasteiger partial charge in [-0.3, -0.25) is 0 Å². The van der Waals surface area contributed by atoms with Gasteiger partial charge in [-0.2, -0.15) is 5.26 Å². The average Bonchev–Trinajstić information content (AvgIpc) is 2.28. The Balaban J connectivity index is 2.54. The van der Waals surface area contributed by atoms with Gasteiger partial charge < -0.3 is 9.84 Å². The number of benzene rings is 1. The molecule has 0 amide bonds. The van der Waals surface area contributed by atoms with Crippen molar-refractivity contribution in [3.8, 4) is 11.8 Å². The number of hydrogen-bond acceptors (Lipinski definition) is 3. The first-order valence-electron chi connectivity index (χ1n) is 4.70. The van der Waals surface area contributed by atoms with Gasteiger partial charge in [-0.1, -0.05) is 24.3 Å². The molecule has 1 N–H and O–H groups in total. The summed E-state index contributed by atoms with van der Waals surface area (Å²) in [5.74, 6) is -0.488. The lowest BCUT2D eigenvalue weighted by Gasteiger charge is -2.02. The zero-order chi connectivity index (χ0) is 11.8. The summed E-state index contributed by atoms with van der Waals surface area (Å²) in [4.78, 5) is 10.2. The smallest absolute Gasteiger partial charge is 0.341 e. The minimum atomic E-state index is -1.00. The highest BCUT2D eigenvalue weighted by Gasteiger charge is 1.98. The Labute approximate surface area is 93.4 Å². The van der Waals surface area contributed by atoms with Crippen molar-refractivity contribution in [3.63, 3.8) is 0 Å². The number of rotatable bonds is 5. The molecule has 0 radical (unpaired) electrons. The molecule has 0 unspecified atom stereocenters. The fourth-order valence-corrected chi connectivity index (χ4v) is 1.07. The van der Waals surface area contributed by atoms with Crippen molar-refractivity contribution in [3.05, 3.63) is 35.9 Å². The summed E-state index contributed by atoms with van der Waals surface area (Å²) in [6.45, 7) is -0.344. The van der Waals surface area contributed by atoms with Crippen LogP contribution in [0.5, 0.6) is 5.75 Å². The molecule has 1 aromatic rings. The Morgan fingerprint density at radius 1 is 1.44 bits per heavy atom. The van der Waals surface area contributed by atoms with E-state index < -0.39 is 5.97 Å². The maximum atomic E-state index is 10.2. The summed E-state index contributed by atoms with van der Waals surface area (Å²) in [7, 11) is 0. The van der Waals surface area contributed by atoms with Gasteiger partial charge in [0.2, 0.25) is 0 Å². The van der Waals surface area contributed by atoms with E-state index in [0.29, 0.717) is 12.2 Å². The van der Waals surface area contributed by atoms with E-state index in [-0.39, 0.29) is 6.61 Å². The Morgan fingerprint density at radius 2 is 2.12 bits per heavy atom. The van der Waals surface area contributed by atoms with Crippen LogP contribution >= 0.6 is 0 Å². The number of carbonyl (C=O) groups is 1. The SMILES string of the molecule is N#CCC=Cc1ccc(OCC(=O)O)cc1. The highest BCUT2D eigenvalue weighted by molar-refractivity contribution is 5.68. The van der Waals surface area contributed by atoms with Gasteiger partial charge in [0.15, 0.2) is 6.61 Å². The summed E-state index contributed by atoms with van der Waals surface area (Å²) in [5.41, 5.74) is 0.943. The third-order valence-corrected chi connectivity index (χ3v) is 1.76. The summed E-state index contributed by atoms with van der Waals surface area (Å²) < 4.78 is 4.97. The second-order valence-electron chi connectivity index (χ2n) is 3.02. The monoisotopic (exact) mass is 217 g/mol. The molecule has 0 spiro atoms. The van der Waals surface area contributed by atoms with E-state index in [1.54, 1.807) is 30.3 Å². The van der Waals surface area contributed by atoms with Crippen molar-refractivity contribution in [2.75, 3.05) is 6.61 Å². The van der Waals surface area contributed by atoms with Crippen LogP contribution in [0.25, 0.3) is 6.08 Å². The third-order valence-electron chi connectivity index (χ3n) is 1.76. The van der Waals surface area contributed by atoms with Crippen LogP contribution in [0.15, 0.2) is 30.3 Å². The number of nitrogens with zero attached hydrogens (tertiary/aromatic N) is 1. The molecular formula is C12H11NO3. The fourth-order valence-electron chi connectivity index (χ4n) is 1.07. The number of hydrogen-bond donors (Lipinski definition) is 1. The normalized spacial score (nSPS) is 9.94. The second-order valence-corrected chi connectivity index (χ2v) is 3.02.